The fourth-order valence-corrected chi connectivity index (χ4v) is 3.83. The van der Waals surface area contributed by atoms with E-state index in [1.54, 1.807) is 11.0 Å². The van der Waals surface area contributed by atoms with Gasteiger partial charge in [0.15, 0.2) is 0 Å². The fourth-order valence-electron chi connectivity index (χ4n) is 3.83. The first-order valence-electron chi connectivity index (χ1n) is 9.69. The summed E-state index contributed by atoms with van der Waals surface area (Å²) in [5, 5.41) is 7.85. The van der Waals surface area contributed by atoms with Crippen LogP contribution < -0.4 is 5.32 Å². The number of rotatable bonds is 5. The lowest BCUT2D eigenvalue weighted by Crippen LogP contribution is -2.48. The van der Waals surface area contributed by atoms with Crippen molar-refractivity contribution in [1.82, 2.24) is 34.4 Å². The second-order valence-electron chi connectivity index (χ2n) is 7.28. The maximum atomic E-state index is 12.9. The van der Waals surface area contributed by atoms with Crippen LogP contribution in [0.2, 0.25) is 0 Å². The zero-order valence-corrected chi connectivity index (χ0v) is 15.7. The predicted molar refractivity (Wildman–Crippen MR) is 98.0 cm³/mol. The Morgan fingerprint density at radius 3 is 2.79 bits per heavy atom. The highest BCUT2D eigenvalue weighted by Gasteiger charge is 2.26. The lowest BCUT2D eigenvalue weighted by molar-refractivity contribution is 0.0551. The number of hydrogen-bond acceptors (Lipinski definition) is 5. The topological polar surface area (TPSA) is 71.2 Å². The summed E-state index contributed by atoms with van der Waals surface area (Å²) in [6, 6.07) is 2.08. The zero-order valence-electron chi connectivity index (χ0n) is 15.7. The van der Waals surface area contributed by atoms with Gasteiger partial charge in [-0.3, -0.25) is 18.9 Å². The van der Waals surface area contributed by atoms with Crippen molar-refractivity contribution < 1.29 is 13.6 Å². The molecule has 0 spiro atoms. The third-order valence-corrected chi connectivity index (χ3v) is 5.46. The van der Waals surface area contributed by atoms with Crippen LogP contribution in [-0.4, -0.2) is 74.3 Å². The quantitative estimate of drug-likeness (QED) is 0.831. The molecule has 2 aromatic heterocycles. The van der Waals surface area contributed by atoms with E-state index in [0.717, 1.165) is 30.5 Å². The summed E-state index contributed by atoms with van der Waals surface area (Å²) < 4.78 is 28.7. The van der Waals surface area contributed by atoms with E-state index in [0.29, 0.717) is 50.3 Å². The van der Waals surface area contributed by atoms with Gasteiger partial charge in [-0.15, -0.1) is 0 Å². The van der Waals surface area contributed by atoms with Crippen molar-refractivity contribution >= 4 is 5.91 Å². The van der Waals surface area contributed by atoms with E-state index in [9.17, 15) is 13.6 Å². The van der Waals surface area contributed by atoms with Gasteiger partial charge in [0.05, 0.1) is 12.6 Å². The number of nitrogens with zero attached hydrogens (tertiary/aromatic N) is 6. The summed E-state index contributed by atoms with van der Waals surface area (Å²) in [7, 11) is 0. The molecule has 28 heavy (non-hydrogen) atoms. The van der Waals surface area contributed by atoms with Gasteiger partial charge >= 0.3 is 6.55 Å². The van der Waals surface area contributed by atoms with E-state index in [2.05, 4.69) is 15.4 Å². The van der Waals surface area contributed by atoms with Crippen molar-refractivity contribution in [3.05, 3.63) is 36.2 Å². The Kier molecular flexibility index (Phi) is 5.67. The molecule has 1 amide bonds. The van der Waals surface area contributed by atoms with Crippen molar-refractivity contribution in [3.63, 3.8) is 0 Å². The molecule has 4 rings (SSSR count). The number of hydrogen-bond donors (Lipinski definition) is 1. The van der Waals surface area contributed by atoms with Crippen molar-refractivity contribution in [2.75, 3.05) is 39.3 Å². The number of aromatic nitrogens is 4. The third-order valence-electron chi connectivity index (χ3n) is 5.46. The minimum Gasteiger partial charge on any atom is -0.335 e. The van der Waals surface area contributed by atoms with E-state index in [4.69, 9.17) is 0 Å². The molecule has 0 aromatic carbocycles. The number of halogens is 2. The highest BCUT2D eigenvalue weighted by Crippen LogP contribution is 2.18. The Morgan fingerprint density at radius 1 is 1.25 bits per heavy atom. The maximum absolute atomic E-state index is 12.9. The molecule has 8 nitrogen and oxygen atoms in total. The minimum atomic E-state index is -2.59. The summed E-state index contributed by atoms with van der Waals surface area (Å²) in [6.07, 6.45) is 6.73. The molecule has 1 atom stereocenters. The van der Waals surface area contributed by atoms with E-state index in [1.807, 2.05) is 15.8 Å². The monoisotopic (exact) mass is 393 g/mol. The second-order valence-corrected chi connectivity index (χ2v) is 7.28. The minimum absolute atomic E-state index is 0.0729. The lowest BCUT2D eigenvalue weighted by atomic mass is 10.1. The molecule has 1 N–H and O–H groups in total. The molecule has 152 valence electrons. The van der Waals surface area contributed by atoms with Crippen LogP contribution in [0.3, 0.4) is 0 Å². The Hall–Kier alpha value is -2.33. The average molecular weight is 393 g/mol. The molecule has 2 aromatic rings. The number of imidazole rings is 1. The number of carbonyl (C=O) groups is 1. The van der Waals surface area contributed by atoms with Gasteiger partial charge in [0.25, 0.3) is 5.91 Å². The molecule has 10 heteroatoms. The highest BCUT2D eigenvalue weighted by atomic mass is 19.3. The summed E-state index contributed by atoms with van der Waals surface area (Å²) in [5.41, 5.74) is 0.465. The predicted octanol–water partition coefficient (Wildman–Crippen LogP) is 1.36. The summed E-state index contributed by atoms with van der Waals surface area (Å²) in [4.78, 5) is 20.6. The molecule has 0 radical (unpaired) electrons. The zero-order chi connectivity index (χ0) is 19.5. The van der Waals surface area contributed by atoms with Crippen LogP contribution in [0.4, 0.5) is 8.78 Å². The third kappa shape index (κ3) is 4.07. The largest absolute Gasteiger partial charge is 0.335 e. The van der Waals surface area contributed by atoms with Gasteiger partial charge in [0, 0.05) is 51.3 Å². The number of carbonyl (C=O) groups excluding carboxylic acids is 1. The summed E-state index contributed by atoms with van der Waals surface area (Å²) >= 11 is 0. The molecule has 2 fully saturated rings. The van der Waals surface area contributed by atoms with E-state index < -0.39 is 6.55 Å². The van der Waals surface area contributed by atoms with Gasteiger partial charge in [-0.2, -0.15) is 13.9 Å². The van der Waals surface area contributed by atoms with Gasteiger partial charge in [-0.05, 0) is 25.5 Å². The number of nitrogens with one attached hydrogen (secondary N) is 1. The molecule has 0 aliphatic carbocycles. The molecular weight excluding hydrogens is 368 g/mol. The Balaban J connectivity index is 1.31. The normalized spacial score (nSPS) is 21.4. The highest BCUT2D eigenvalue weighted by molar-refractivity contribution is 5.92. The van der Waals surface area contributed by atoms with Gasteiger partial charge in [-0.25, -0.2) is 4.98 Å². The van der Waals surface area contributed by atoms with Crippen LogP contribution >= 0.6 is 0 Å². The van der Waals surface area contributed by atoms with Crippen LogP contribution in [0.15, 0.2) is 24.7 Å². The van der Waals surface area contributed by atoms with Crippen LogP contribution in [0.5, 0.6) is 0 Å². The molecular formula is C18H25F2N7O. The first-order chi connectivity index (χ1) is 13.6. The Labute approximate surface area is 162 Å². The number of amides is 1. The number of piperazine rings is 1. The molecule has 0 bridgehead atoms. The molecule has 0 saturated carbocycles. The van der Waals surface area contributed by atoms with Crippen molar-refractivity contribution in [3.8, 4) is 0 Å². The SMILES string of the molecule is O=C(c1ccn(C2CCCNC2)n1)N1CCN(Cc2nccn2C(F)F)CC1. The van der Waals surface area contributed by atoms with Gasteiger partial charge in [-0.1, -0.05) is 0 Å². The Morgan fingerprint density at radius 2 is 2.07 bits per heavy atom. The van der Waals surface area contributed by atoms with Crippen LogP contribution in [0, 0.1) is 0 Å². The van der Waals surface area contributed by atoms with Crippen molar-refractivity contribution in [2.45, 2.75) is 32.0 Å². The second kappa shape index (κ2) is 8.36. The van der Waals surface area contributed by atoms with Crippen LogP contribution in [0.1, 0.15) is 41.7 Å². The summed E-state index contributed by atoms with van der Waals surface area (Å²) in [6.45, 7) is 2.01. The van der Waals surface area contributed by atoms with Crippen molar-refractivity contribution in [2.24, 2.45) is 0 Å². The number of alkyl halides is 2. The average Bonchev–Trinajstić information content (AvgIpc) is 3.38. The molecule has 4 heterocycles. The first-order valence-corrected chi connectivity index (χ1v) is 9.69. The molecule has 2 aliphatic rings. The van der Waals surface area contributed by atoms with Gasteiger partial charge in [0.1, 0.15) is 11.5 Å². The van der Waals surface area contributed by atoms with Crippen LogP contribution in [0.25, 0.3) is 0 Å². The fraction of sp³-hybridized carbons (Fsp3) is 0.611. The molecule has 2 saturated heterocycles. The Bertz CT molecular complexity index is 791. The van der Waals surface area contributed by atoms with Crippen molar-refractivity contribution in [1.29, 1.82) is 0 Å². The maximum Gasteiger partial charge on any atom is 0.319 e. The first kappa shape index (κ1) is 19.0. The smallest absolute Gasteiger partial charge is 0.319 e. The lowest BCUT2D eigenvalue weighted by Gasteiger charge is -2.34. The van der Waals surface area contributed by atoms with Gasteiger partial charge < -0.3 is 10.2 Å². The molecule has 2 aliphatic heterocycles. The molecule has 1 unspecified atom stereocenters. The van der Waals surface area contributed by atoms with E-state index in [1.165, 1.54) is 12.4 Å². The van der Waals surface area contributed by atoms with Crippen LogP contribution in [-0.2, 0) is 6.54 Å². The van der Waals surface area contributed by atoms with E-state index in [-0.39, 0.29) is 5.91 Å². The summed E-state index contributed by atoms with van der Waals surface area (Å²) in [5.74, 6) is 0.269. The number of piperidine rings is 1. The van der Waals surface area contributed by atoms with E-state index >= 15 is 0 Å². The standard InChI is InChI=1S/C18H25F2N7O/c19-18(20)26-7-5-22-16(26)13-24-8-10-25(11-9-24)17(28)15-3-6-27(23-15)14-2-1-4-21-12-14/h3,5-7,14,18,21H,1-2,4,8-13H2. The van der Waals surface area contributed by atoms with Gasteiger partial charge in [0.2, 0.25) is 0 Å².